The van der Waals surface area contributed by atoms with E-state index in [1.165, 1.54) is 7.11 Å². The predicted octanol–water partition coefficient (Wildman–Crippen LogP) is 0.213. The number of methoxy groups -OCH3 is 1. The van der Waals surface area contributed by atoms with E-state index in [0.29, 0.717) is 6.54 Å². The molecule has 0 aromatic carbocycles. The number of hydrogen-bond acceptors (Lipinski definition) is 4. The van der Waals surface area contributed by atoms with Gasteiger partial charge in [-0.3, -0.25) is 13.8 Å². The maximum atomic E-state index is 11.6. The third-order valence-electron chi connectivity index (χ3n) is 2.03. The summed E-state index contributed by atoms with van der Waals surface area (Å²) in [4.78, 5) is 22.0. The Kier molecular flexibility index (Phi) is 7.80. The molecule has 0 radical (unpaired) electrons. The Balaban J connectivity index is 3.87. The lowest BCUT2D eigenvalue weighted by molar-refractivity contribution is -0.140. The Labute approximate surface area is 98.4 Å². The van der Waals surface area contributed by atoms with Crippen molar-refractivity contribution in [2.45, 2.75) is 31.9 Å². The highest BCUT2D eigenvalue weighted by atomic mass is 32.2. The summed E-state index contributed by atoms with van der Waals surface area (Å²) in [6, 6.07) is 0. The molecular formula is C10H19NO4S. The average Bonchev–Trinajstić information content (AvgIpc) is 2.25. The SMILES string of the molecule is CCNC(=O)CCS(=O)C(C)CC(=O)OC. The quantitative estimate of drug-likeness (QED) is 0.655. The van der Waals surface area contributed by atoms with E-state index in [0.717, 1.165) is 0 Å². The van der Waals surface area contributed by atoms with Crippen LogP contribution in [0.3, 0.4) is 0 Å². The van der Waals surface area contributed by atoms with Crippen LogP contribution in [0.1, 0.15) is 26.7 Å². The second kappa shape index (κ2) is 8.27. The van der Waals surface area contributed by atoms with Gasteiger partial charge >= 0.3 is 5.97 Å². The van der Waals surface area contributed by atoms with Crippen LogP contribution in [0.2, 0.25) is 0 Å². The molecule has 0 aliphatic heterocycles. The van der Waals surface area contributed by atoms with Crippen molar-refractivity contribution < 1.29 is 18.5 Å². The number of ether oxygens (including phenoxy) is 1. The van der Waals surface area contributed by atoms with E-state index in [-0.39, 0.29) is 35.7 Å². The van der Waals surface area contributed by atoms with E-state index in [9.17, 15) is 13.8 Å². The number of amides is 1. The van der Waals surface area contributed by atoms with Crippen LogP contribution in [0.25, 0.3) is 0 Å². The zero-order valence-corrected chi connectivity index (χ0v) is 10.8. The van der Waals surface area contributed by atoms with E-state index in [1.807, 2.05) is 6.92 Å². The molecular weight excluding hydrogens is 230 g/mol. The molecule has 0 saturated heterocycles. The van der Waals surface area contributed by atoms with E-state index in [4.69, 9.17) is 0 Å². The first kappa shape index (κ1) is 15.1. The summed E-state index contributed by atoms with van der Waals surface area (Å²) in [6.07, 6.45) is 0.352. The van der Waals surface area contributed by atoms with Gasteiger partial charge < -0.3 is 10.1 Å². The molecule has 0 bridgehead atoms. The lowest BCUT2D eigenvalue weighted by atomic mass is 10.3. The molecule has 0 saturated carbocycles. The van der Waals surface area contributed by atoms with Crippen LogP contribution in [-0.4, -0.2) is 40.7 Å². The summed E-state index contributed by atoms with van der Waals surface area (Å²) in [6.45, 7) is 4.11. The van der Waals surface area contributed by atoms with Crippen molar-refractivity contribution in [2.75, 3.05) is 19.4 Å². The van der Waals surface area contributed by atoms with Crippen molar-refractivity contribution in [1.82, 2.24) is 5.32 Å². The highest BCUT2D eigenvalue weighted by Gasteiger charge is 2.16. The molecule has 2 atom stereocenters. The Morgan fingerprint density at radius 2 is 2.06 bits per heavy atom. The van der Waals surface area contributed by atoms with Gasteiger partial charge in [0.05, 0.1) is 13.5 Å². The summed E-state index contributed by atoms with van der Waals surface area (Å²) in [5, 5.41) is 2.35. The largest absolute Gasteiger partial charge is 0.469 e. The number of hydrogen-bond donors (Lipinski definition) is 1. The van der Waals surface area contributed by atoms with Gasteiger partial charge in [-0.1, -0.05) is 6.92 Å². The Bertz CT molecular complexity index is 268. The molecule has 0 rings (SSSR count). The van der Waals surface area contributed by atoms with Gasteiger partial charge in [-0.25, -0.2) is 0 Å². The summed E-state index contributed by atoms with van der Waals surface area (Å²) in [7, 11) is 0.125. The molecule has 0 fully saturated rings. The second-order valence-electron chi connectivity index (χ2n) is 3.38. The summed E-state index contributed by atoms with van der Waals surface area (Å²) in [5.74, 6) is -0.204. The van der Waals surface area contributed by atoms with E-state index in [2.05, 4.69) is 10.1 Å². The number of carbonyl (C=O) groups excluding carboxylic acids is 2. The number of esters is 1. The molecule has 2 unspecified atom stereocenters. The minimum Gasteiger partial charge on any atom is -0.469 e. The standard InChI is InChI=1S/C10H19NO4S/c1-4-11-9(12)5-6-16(14)8(2)7-10(13)15-3/h8H,4-7H2,1-3H3,(H,11,12). The minimum atomic E-state index is -1.17. The van der Waals surface area contributed by atoms with Crippen molar-refractivity contribution in [3.63, 3.8) is 0 Å². The molecule has 0 heterocycles. The number of rotatable bonds is 7. The van der Waals surface area contributed by atoms with E-state index in [1.54, 1.807) is 6.92 Å². The molecule has 0 aromatic rings. The van der Waals surface area contributed by atoms with Crippen molar-refractivity contribution >= 4 is 22.7 Å². The van der Waals surface area contributed by atoms with Crippen LogP contribution in [-0.2, 0) is 25.1 Å². The van der Waals surface area contributed by atoms with Gasteiger partial charge in [-0.15, -0.1) is 0 Å². The second-order valence-corrected chi connectivity index (χ2v) is 5.35. The maximum Gasteiger partial charge on any atom is 0.306 e. The van der Waals surface area contributed by atoms with Gasteiger partial charge in [0.25, 0.3) is 0 Å². The molecule has 1 amide bonds. The molecule has 0 aliphatic rings. The fourth-order valence-corrected chi connectivity index (χ4v) is 2.20. The fraction of sp³-hybridized carbons (Fsp3) is 0.800. The first-order valence-corrected chi connectivity index (χ1v) is 6.60. The zero-order chi connectivity index (χ0) is 12.6. The molecule has 0 aliphatic carbocycles. The van der Waals surface area contributed by atoms with Crippen LogP contribution in [0.15, 0.2) is 0 Å². The fourth-order valence-electron chi connectivity index (χ4n) is 1.09. The Hall–Kier alpha value is -0.910. The Morgan fingerprint density at radius 3 is 2.56 bits per heavy atom. The molecule has 0 aromatic heterocycles. The first-order chi connectivity index (χ1) is 7.51. The smallest absolute Gasteiger partial charge is 0.306 e. The topological polar surface area (TPSA) is 72.5 Å². The number of nitrogens with one attached hydrogen (secondary N) is 1. The molecule has 5 nitrogen and oxygen atoms in total. The van der Waals surface area contributed by atoms with Crippen molar-refractivity contribution in [2.24, 2.45) is 0 Å². The molecule has 94 valence electrons. The van der Waals surface area contributed by atoms with Gasteiger partial charge in [0.1, 0.15) is 0 Å². The predicted molar refractivity (Wildman–Crippen MR) is 62.4 cm³/mol. The van der Waals surface area contributed by atoms with Crippen LogP contribution >= 0.6 is 0 Å². The highest BCUT2D eigenvalue weighted by Crippen LogP contribution is 2.04. The van der Waals surface area contributed by atoms with Crippen molar-refractivity contribution in [1.29, 1.82) is 0 Å². The molecule has 6 heteroatoms. The van der Waals surface area contributed by atoms with Gasteiger partial charge in [0.2, 0.25) is 5.91 Å². The third-order valence-corrected chi connectivity index (χ3v) is 3.71. The summed E-state index contributed by atoms with van der Waals surface area (Å²) in [5.41, 5.74) is 0. The number of carbonyl (C=O) groups is 2. The lowest BCUT2D eigenvalue weighted by Crippen LogP contribution is -2.26. The summed E-state index contributed by atoms with van der Waals surface area (Å²) >= 11 is 0. The lowest BCUT2D eigenvalue weighted by Gasteiger charge is -2.09. The van der Waals surface area contributed by atoms with E-state index < -0.39 is 10.8 Å². The molecule has 16 heavy (non-hydrogen) atoms. The first-order valence-electron chi connectivity index (χ1n) is 5.22. The molecule has 1 N–H and O–H groups in total. The maximum absolute atomic E-state index is 11.6. The van der Waals surface area contributed by atoms with Gasteiger partial charge in [0.15, 0.2) is 0 Å². The van der Waals surface area contributed by atoms with Crippen LogP contribution < -0.4 is 5.32 Å². The van der Waals surface area contributed by atoms with E-state index >= 15 is 0 Å². The van der Waals surface area contributed by atoms with Crippen LogP contribution in [0, 0.1) is 0 Å². The third kappa shape index (κ3) is 6.55. The highest BCUT2D eigenvalue weighted by molar-refractivity contribution is 7.85. The van der Waals surface area contributed by atoms with Gasteiger partial charge in [-0.05, 0) is 6.92 Å². The zero-order valence-electron chi connectivity index (χ0n) is 9.95. The average molecular weight is 249 g/mol. The van der Waals surface area contributed by atoms with Gasteiger partial charge in [0, 0.05) is 34.8 Å². The van der Waals surface area contributed by atoms with Crippen molar-refractivity contribution in [3.05, 3.63) is 0 Å². The van der Waals surface area contributed by atoms with Crippen LogP contribution in [0.5, 0.6) is 0 Å². The minimum absolute atomic E-state index is 0.110. The Morgan fingerprint density at radius 1 is 1.44 bits per heavy atom. The van der Waals surface area contributed by atoms with Gasteiger partial charge in [-0.2, -0.15) is 0 Å². The summed E-state index contributed by atoms with van der Waals surface area (Å²) < 4.78 is 16.1. The molecule has 0 spiro atoms. The normalized spacial score (nSPS) is 13.9. The van der Waals surface area contributed by atoms with Crippen LogP contribution in [0.4, 0.5) is 0 Å². The van der Waals surface area contributed by atoms with Crippen molar-refractivity contribution in [3.8, 4) is 0 Å². The monoisotopic (exact) mass is 249 g/mol.